The van der Waals surface area contributed by atoms with Gasteiger partial charge in [0, 0.05) is 11.3 Å². The largest absolute Gasteiger partial charge is 0.325 e. The summed E-state index contributed by atoms with van der Waals surface area (Å²) in [5, 5.41) is 2.66. The molecule has 128 valence electrons. The number of carbonyl (C=O) groups is 4. The molecule has 25 heavy (non-hydrogen) atoms. The summed E-state index contributed by atoms with van der Waals surface area (Å²) in [6.45, 7) is 1.16. The molecule has 1 aromatic rings. The van der Waals surface area contributed by atoms with E-state index in [4.69, 9.17) is 0 Å². The minimum Gasteiger partial charge on any atom is -0.325 e. The fraction of sp³-hybridized carbons (Fsp3) is 0.368. The van der Waals surface area contributed by atoms with Gasteiger partial charge in [0.1, 0.15) is 6.54 Å². The molecule has 0 radical (unpaired) electrons. The van der Waals surface area contributed by atoms with Gasteiger partial charge in [-0.2, -0.15) is 0 Å². The molecule has 3 aliphatic rings. The number of nitrogens with zero attached hydrogens (tertiary/aromatic N) is 1. The van der Waals surface area contributed by atoms with Crippen molar-refractivity contribution >= 4 is 29.2 Å². The Bertz CT molecular complexity index is 798. The fourth-order valence-electron chi connectivity index (χ4n) is 4.28. The highest BCUT2D eigenvalue weighted by Gasteiger charge is 2.59. The number of imide groups is 1. The number of nitrogens with one attached hydrogen (secondary N) is 1. The second-order valence-corrected chi connectivity index (χ2v) is 6.95. The zero-order valence-corrected chi connectivity index (χ0v) is 13.8. The Morgan fingerprint density at radius 2 is 1.76 bits per heavy atom. The topological polar surface area (TPSA) is 83.6 Å². The first kappa shape index (κ1) is 15.7. The highest BCUT2D eigenvalue weighted by molar-refractivity contribution is 6.09. The molecule has 0 aromatic heterocycles. The van der Waals surface area contributed by atoms with Crippen LogP contribution in [0.3, 0.4) is 0 Å². The molecule has 1 aromatic carbocycles. The summed E-state index contributed by atoms with van der Waals surface area (Å²) in [5.41, 5.74) is 0.960. The van der Waals surface area contributed by atoms with Crippen LogP contribution in [0, 0.1) is 23.7 Å². The number of rotatable bonds is 4. The smallest absolute Gasteiger partial charge is 0.244 e. The number of likely N-dealkylation sites (tertiary alicyclic amines) is 1. The Labute approximate surface area is 144 Å². The lowest BCUT2D eigenvalue weighted by Crippen LogP contribution is -2.39. The van der Waals surface area contributed by atoms with Crippen molar-refractivity contribution < 1.29 is 19.2 Å². The minimum absolute atomic E-state index is 0.100. The quantitative estimate of drug-likeness (QED) is 0.514. The molecular weight excluding hydrogens is 320 g/mol. The van der Waals surface area contributed by atoms with Gasteiger partial charge in [-0.25, -0.2) is 0 Å². The summed E-state index contributed by atoms with van der Waals surface area (Å²) in [4.78, 5) is 49.9. The van der Waals surface area contributed by atoms with E-state index in [0.29, 0.717) is 11.3 Å². The fourth-order valence-corrected chi connectivity index (χ4v) is 4.28. The molecule has 1 saturated carbocycles. The lowest BCUT2D eigenvalue weighted by molar-refractivity contribution is -0.143. The van der Waals surface area contributed by atoms with Crippen LogP contribution in [0.4, 0.5) is 5.69 Å². The molecule has 0 unspecified atom stereocenters. The standard InChI is InChI=1S/C19H18N2O4/c1-10(22)11-3-2-4-14(8-11)20-15(23)9-21-18(24)16-12-5-6-13(7-12)17(16)19(21)25/h2-6,8,12-13,16-17H,7,9H2,1H3,(H,20,23)/t12-,13-,16-,17+/m0/s1. The van der Waals surface area contributed by atoms with Crippen molar-refractivity contribution in [1.29, 1.82) is 0 Å². The predicted octanol–water partition coefficient (Wildman–Crippen LogP) is 1.63. The van der Waals surface area contributed by atoms with E-state index in [0.717, 1.165) is 11.3 Å². The molecule has 1 saturated heterocycles. The van der Waals surface area contributed by atoms with Gasteiger partial charge in [0.05, 0.1) is 11.8 Å². The van der Waals surface area contributed by atoms with Crippen molar-refractivity contribution in [3.8, 4) is 0 Å². The molecule has 2 aliphatic carbocycles. The number of allylic oxidation sites excluding steroid dienone is 2. The number of amides is 3. The van der Waals surface area contributed by atoms with Crippen molar-refractivity contribution in [3.05, 3.63) is 42.0 Å². The highest BCUT2D eigenvalue weighted by Crippen LogP contribution is 2.52. The summed E-state index contributed by atoms with van der Waals surface area (Å²) in [6.07, 6.45) is 4.91. The molecule has 1 aliphatic heterocycles. The van der Waals surface area contributed by atoms with Gasteiger partial charge in [-0.3, -0.25) is 24.1 Å². The minimum atomic E-state index is -0.442. The SMILES string of the molecule is CC(=O)c1cccc(NC(=O)CN2C(=O)[C@@H]3[C@H](C2=O)[C@H]2C=C[C@H]3C2)c1. The summed E-state index contributed by atoms with van der Waals surface area (Å²) >= 11 is 0. The van der Waals surface area contributed by atoms with Gasteiger partial charge in [-0.1, -0.05) is 24.3 Å². The van der Waals surface area contributed by atoms with Crippen LogP contribution >= 0.6 is 0 Å². The zero-order chi connectivity index (χ0) is 17.7. The van der Waals surface area contributed by atoms with Gasteiger partial charge >= 0.3 is 0 Å². The molecule has 6 heteroatoms. The van der Waals surface area contributed by atoms with Gasteiger partial charge in [-0.15, -0.1) is 0 Å². The monoisotopic (exact) mass is 338 g/mol. The van der Waals surface area contributed by atoms with E-state index >= 15 is 0 Å². The Balaban J connectivity index is 1.45. The Morgan fingerprint density at radius 3 is 2.36 bits per heavy atom. The van der Waals surface area contributed by atoms with Crippen LogP contribution in [-0.2, 0) is 14.4 Å². The summed E-state index contributed by atoms with van der Waals surface area (Å²) in [5.74, 6) is -1.34. The van der Waals surface area contributed by atoms with Crippen molar-refractivity contribution in [2.24, 2.45) is 23.7 Å². The number of benzene rings is 1. The van der Waals surface area contributed by atoms with Crippen LogP contribution in [0.5, 0.6) is 0 Å². The van der Waals surface area contributed by atoms with Crippen molar-refractivity contribution in [3.63, 3.8) is 0 Å². The number of hydrogen-bond donors (Lipinski definition) is 1. The van der Waals surface area contributed by atoms with Crippen LogP contribution < -0.4 is 5.32 Å². The van der Waals surface area contributed by atoms with Crippen molar-refractivity contribution in [1.82, 2.24) is 4.90 Å². The Hall–Kier alpha value is -2.76. The van der Waals surface area contributed by atoms with Crippen molar-refractivity contribution in [2.75, 3.05) is 11.9 Å². The lowest BCUT2D eigenvalue weighted by Gasteiger charge is -2.17. The molecule has 2 fully saturated rings. The van der Waals surface area contributed by atoms with E-state index in [-0.39, 0.29) is 47.8 Å². The number of fused-ring (bicyclic) bond motifs is 5. The number of Topliss-reactive ketones (excluding diaryl/α,β-unsaturated/α-hetero) is 1. The van der Waals surface area contributed by atoms with E-state index in [2.05, 4.69) is 5.32 Å². The molecule has 2 bridgehead atoms. The van der Waals surface area contributed by atoms with E-state index in [9.17, 15) is 19.2 Å². The average Bonchev–Trinajstić information content (AvgIpc) is 3.25. The Kier molecular flexibility index (Phi) is 3.56. The van der Waals surface area contributed by atoms with Crippen LogP contribution in [0.25, 0.3) is 0 Å². The van der Waals surface area contributed by atoms with Crippen LogP contribution in [0.15, 0.2) is 36.4 Å². The second-order valence-electron chi connectivity index (χ2n) is 6.95. The third-order valence-electron chi connectivity index (χ3n) is 5.42. The highest BCUT2D eigenvalue weighted by atomic mass is 16.2. The normalized spacial score (nSPS) is 29.2. The summed E-state index contributed by atoms with van der Waals surface area (Å²) in [6, 6.07) is 6.57. The average molecular weight is 338 g/mol. The maximum Gasteiger partial charge on any atom is 0.244 e. The molecule has 4 rings (SSSR count). The van der Waals surface area contributed by atoms with Crippen molar-refractivity contribution in [2.45, 2.75) is 13.3 Å². The zero-order valence-electron chi connectivity index (χ0n) is 13.8. The third-order valence-corrected chi connectivity index (χ3v) is 5.42. The second kappa shape index (κ2) is 5.65. The van der Waals surface area contributed by atoms with E-state index < -0.39 is 5.91 Å². The van der Waals surface area contributed by atoms with Gasteiger partial charge in [0.2, 0.25) is 17.7 Å². The number of carbonyl (C=O) groups excluding carboxylic acids is 4. The number of ketones is 1. The molecule has 1 N–H and O–H groups in total. The Morgan fingerprint density at radius 1 is 1.12 bits per heavy atom. The maximum atomic E-state index is 12.6. The van der Waals surface area contributed by atoms with Crippen LogP contribution in [-0.4, -0.2) is 34.9 Å². The van der Waals surface area contributed by atoms with E-state index in [1.807, 2.05) is 12.2 Å². The lowest BCUT2D eigenvalue weighted by atomic mass is 9.85. The molecule has 3 amide bonds. The molecule has 1 heterocycles. The molecule has 0 spiro atoms. The predicted molar refractivity (Wildman–Crippen MR) is 89.5 cm³/mol. The van der Waals surface area contributed by atoms with Gasteiger partial charge < -0.3 is 5.32 Å². The first-order valence-electron chi connectivity index (χ1n) is 8.40. The van der Waals surface area contributed by atoms with E-state index in [1.165, 1.54) is 6.92 Å². The number of anilines is 1. The first-order valence-corrected chi connectivity index (χ1v) is 8.40. The summed E-state index contributed by atoms with van der Waals surface area (Å²) < 4.78 is 0. The van der Waals surface area contributed by atoms with Gasteiger partial charge in [0.25, 0.3) is 0 Å². The van der Waals surface area contributed by atoms with Gasteiger partial charge in [-0.05, 0) is 37.3 Å². The maximum absolute atomic E-state index is 12.6. The van der Waals surface area contributed by atoms with Crippen LogP contribution in [0.1, 0.15) is 23.7 Å². The van der Waals surface area contributed by atoms with E-state index in [1.54, 1.807) is 24.3 Å². The first-order chi connectivity index (χ1) is 12.0. The third kappa shape index (κ3) is 2.49. The van der Waals surface area contributed by atoms with Gasteiger partial charge in [0.15, 0.2) is 5.78 Å². The molecule has 6 nitrogen and oxygen atoms in total. The van der Waals surface area contributed by atoms with Crippen LogP contribution in [0.2, 0.25) is 0 Å². The molecular formula is C19H18N2O4. The number of hydrogen-bond acceptors (Lipinski definition) is 4. The summed E-state index contributed by atoms with van der Waals surface area (Å²) in [7, 11) is 0. The molecule has 4 atom stereocenters.